The molecule has 4 aliphatic carbocycles. The van der Waals surface area contributed by atoms with Crippen LogP contribution >= 0.6 is 0 Å². The van der Waals surface area contributed by atoms with Crippen molar-refractivity contribution in [3.8, 4) is 0 Å². The van der Waals surface area contributed by atoms with E-state index in [4.69, 9.17) is 0 Å². The first kappa shape index (κ1) is 24.4. The first-order valence-electron chi connectivity index (χ1n) is 13.0. The number of hydrogen-bond acceptors (Lipinski definition) is 4. The molecule has 10 atom stereocenters. The van der Waals surface area contributed by atoms with Crippen molar-refractivity contribution < 1.29 is 20.4 Å². The Bertz CT molecular complexity index is 788. The molecule has 0 aliphatic heterocycles. The zero-order valence-corrected chi connectivity index (χ0v) is 21.0. The van der Waals surface area contributed by atoms with Crippen LogP contribution in [0.2, 0.25) is 0 Å². The van der Waals surface area contributed by atoms with E-state index in [1.807, 2.05) is 0 Å². The summed E-state index contributed by atoms with van der Waals surface area (Å²) in [5.74, 6) is 1.98. The van der Waals surface area contributed by atoms with Gasteiger partial charge >= 0.3 is 0 Å². The van der Waals surface area contributed by atoms with E-state index < -0.39 is 28.8 Å². The number of aliphatic hydroxyl groups is 4. The van der Waals surface area contributed by atoms with Crippen LogP contribution < -0.4 is 0 Å². The Morgan fingerprint density at radius 2 is 1.56 bits per heavy atom. The van der Waals surface area contributed by atoms with Crippen LogP contribution in [0.25, 0.3) is 0 Å². The van der Waals surface area contributed by atoms with E-state index >= 15 is 0 Å². The van der Waals surface area contributed by atoms with Crippen LogP contribution in [-0.4, -0.2) is 43.8 Å². The lowest BCUT2D eigenvalue weighted by Gasteiger charge is -2.63. The second kappa shape index (κ2) is 7.93. The number of hydrogen-bond donors (Lipinski definition) is 4. The summed E-state index contributed by atoms with van der Waals surface area (Å²) in [4.78, 5) is 0. The third-order valence-electron chi connectivity index (χ3n) is 10.9. The van der Waals surface area contributed by atoms with Crippen LogP contribution in [0.15, 0.2) is 23.8 Å². The molecule has 182 valence electrons. The van der Waals surface area contributed by atoms with Crippen LogP contribution in [0.4, 0.5) is 0 Å². The molecule has 4 rings (SSSR count). The maximum atomic E-state index is 12.3. The van der Waals surface area contributed by atoms with Crippen molar-refractivity contribution in [2.45, 2.75) is 110 Å². The first-order valence-corrected chi connectivity index (χ1v) is 13.0. The van der Waals surface area contributed by atoms with Gasteiger partial charge in [-0.3, -0.25) is 0 Å². The molecule has 4 heteroatoms. The summed E-state index contributed by atoms with van der Waals surface area (Å²) in [5, 5.41) is 45.2. The van der Waals surface area contributed by atoms with Crippen LogP contribution in [0.5, 0.6) is 0 Å². The normalized spacial score (nSPS) is 50.5. The summed E-state index contributed by atoms with van der Waals surface area (Å²) < 4.78 is 0. The van der Waals surface area contributed by atoms with E-state index in [1.54, 1.807) is 6.08 Å². The molecule has 0 saturated heterocycles. The summed E-state index contributed by atoms with van der Waals surface area (Å²) in [5.41, 5.74) is -2.06. The number of rotatable bonds is 4. The lowest BCUT2D eigenvalue weighted by Crippen LogP contribution is -2.67. The van der Waals surface area contributed by atoms with E-state index in [9.17, 15) is 20.4 Å². The molecule has 0 spiro atoms. The van der Waals surface area contributed by atoms with E-state index in [-0.39, 0.29) is 17.8 Å². The van der Waals surface area contributed by atoms with Crippen molar-refractivity contribution in [3.05, 3.63) is 23.8 Å². The molecule has 3 fully saturated rings. The smallest absolute Gasteiger partial charge is 0.102 e. The average molecular weight is 447 g/mol. The molecule has 0 radical (unpaired) electrons. The minimum atomic E-state index is -1.33. The third kappa shape index (κ3) is 3.23. The predicted molar refractivity (Wildman–Crippen MR) is 128 cm³/mol. The molecule has 0 aromatic rings. The largest absolute Gasteiger partial charge is 0.393 e. The lowest BCUT2D eigenvalue weighted by molar-refractivity contribution is -0.219. The van der Waals surface area contributed by atoms with Crippen molar-refractivity contribution in [2.75, 3.05) is 0 Å². The van der Waals surface area contributed by atoms with Crippen molar-refractivity contribution in [1.82, 2.24) is 0 Å². The van der Waals surface area contributed by atoms with Gasteiger partial charge in [-0.1, -0.05) is 59.8 Å². The molecule has 4 nitrogen and oxygen atoms in total. The Labute approximate surface area is 194 Å². The van der Waals surface area contributed by atoms with Gasteiger partial charge in [0.15, 0.2) is 0 Å². The minimum Gasteiger partial charge on any atom is -0.393 e. The van der Waals surface area contributed by atoms with Crippen molar-refractivity contribution in [2.24, 2.45) is 40.4 Å². The van der Waals surface area contributed by atoms with Crippen molar-refractivity contribution in [1.29, 1.82) is 0 Å². The van der Waals surface area contributed by atoms with Gasteiger partial charge < -0.3 is 20.4 Å². The van der Waals surface area contributed by atoms with Gasteiger partial charge in [0, 0.05) is 17.3 Å². The molecule has 0 amide bonds. The molecule has 4 aliphatic rings. The number of fused-ring (bicyclic) bond motifs is 5. The highest BCUT2D eigenvalue weighted by Crippen LogP contribution is 2.69. The van der Waals surface area contributed by atoms with E-state index in [1.165, 1.54) is 0 Å². The summed E-state index contributed by atoms with van der Waals surface area (Å²) in [6.07, 6.45) is 9.94. The standard InChI is InChI=1S/C28H46O4/c1-17(2)18(3)7-8-19(4)21-11-14-27(31)23-15-24(30)28(32)16-20(29)9-12-26(28,6)22(23)10-13-25(21,27)5/h7-8,15,17-22,24,29-32H,9-14,16H2,1-6H3/b8-7-/t18-,19+,20-,21+,22-,24+,25+,26+,27+,28-/m0/s1. The molecule has 0 bridgehead atoms. The fourth-order valence-corrected chi connectivity index (χ4v) is 8.11. The SMILES string of the molecule is CC(C)[C@@H](C)/C=C\[C@@H](C)[C@H]1CC[C@@]2(O)C3=C[C@@H](O)[C@@]4(O)C[C@@H](O)CC[C@]4(C)[C@H]3CC[C@]12C. The van der Waals surface area contributed by atoms with E-state index in [2.05, 4.69) is 53.7 Å². The summed E-state index contributed by atoms with van der Waals surface area (Å²) in [6.45, 7) is 13.4. The molecular formula is C28H46O4. The highest BCUT2D eigenvalue weighted by Gasteiger charge is 2.69. The molecule has 4 N–H and O–H groups in total. The van der Waals surface area contributed by atoms with Gasteiger partial charge in [0.1, 0.15) is 11.7 Å². The Morgan fingerprint density at radius 3 is 2.22 bits per heavy atom. The Morgan fingerprint density at radius 1 is 0.906 bits per heavy atom. The highest BCUT2D eigenvalue weighted by atomic mass is 16.3. The second-order valence-corrected chi connectivity index (χ2v) is 12.7. The lowest BCUT2D eigenvalue weighted by atomic mass is 9.44. The maximum absolute atomic E-state index is 12.3. The summed E-state index contributed by atoms with van der Waals surface area (Å²) in [6, 6.07) is 0. The van der Waals surface area contributed by atoms with Crippen molar-refractivity contribution in [3.63, 3.8) is 0 Å². The van der Waals surface area contributed by atoms with Crippen molar-refractivity contribution >= 4 is 0 Å². The monoisotopic (exact) mass is 446 g/mol. The highest BCUT2D eigenvalue weighted by molar-refractivity contribution is 5.39. The van der Waals surface area contributed by atoms with Gasteiger partial charge in [0.2, 0.25) is 0 Å². The number of allylic oxidation sites excluding steroid dienone is 2. The molecule has 0 aromatic carbocycles. The van der Waals surface area contributed by atoms with Crippen LogP contribution in [-0.2, 0) is 0 Å². The van der Waals surface area contributed by atoms with Gasteiger partial charge in [-0.15, -0.1) is 0 Å². The Kier molecular flexibility index (Phi) is 6.06. The fraction of sp³-hybridized carbons (Fsp3) is 0.857. The van der Waals surface area contributed by atoms with Crippen LogP contribution in [0, 0.1) is 40.4 Å². The summed E-state index contributed by atoms with van der Waals surface area (Å²) >= 11 is 0. The predicted octanol–water partition coefficient (Wildman–Crippen LogP) is 4.61. The average Bonchev–Trinajstić information content (AvgIpc) is 3.00. The molecular weight excluding hydrogens is 400 g/mol. The molecule has 0 unspecified atom stereocenters. The van der Waals surface area contributed by atoms with Crippen LogP contribution in [0.3, 0.4) is 0 Å². The van der Waals surface area contributed by atoms with E-state index in [0.717, 1.165) is 31.3 Å². The molecule has 32 heavy (non-hydrogen) atoms. The number of aliphatic hydroxyl groups excluding tert-OH is 2. The zero-order chi connectivity index (χ0) is 23.7. The van der Waals surface area contributed by atoms with Gasteiger partial charge in [0.25, 0.3) is 0 Å². The second-order valence-electron chi connectivity index (χ2n) is 12.7. The van der Waals surface area contributed by atoms with Gasteiger partial charge in [-0.2, -0.15) is 0 Å². The van der Waals surface area contributed by atoms with E-state index in [0.29, 0.717) is 36.5 Å². The maximum Gasteiger partial charge on any atom is 0.102 e. The minimum absolute atomic E-state index is 0.0482. The fourth-order valence-electron chi connectivity index (χ4n) is 8.11. The zero-order valence-electron chi connectivity index (χ0n) is 21.0. The van der Waals surface area contributed by atoms with Crippen LogP contribution in [0.1, 0.15) is 86.5 Å². The Hall–Kier alpha value is -0.680. The third-order valence-corrected chi connectivity index (χ3v) is 10.9. The van der Waals surface area contributed by atoms with Gasteiger partial charge in [-0.05, 0) is 73.7 Å². The quantitative estimate of drug-likeness (QED) is 0.475. The topological polar surface area (TPSA) is 80.9 Å². The molecule has 0 heterocycles. The molecule has 3 saturated carbocycles. The van der Waals surface area contributed by atoms with Gasteiger partial charge in [0.05, 0.1) is 11.7 Å². The first-order chi connectivity index (χ1) is 14.8. The molecule has 0 aromatic heterocycles. The Balaban J connectivity index is 1.67. The summed E-state index contributed by atoms with van der Waals surface area (Å²) in [7, 11) is 0. The van der Waals surface area contributed by atoms with Gasteiger partial charge in [-0.25, -0.2) is 0 Å².